The van der Waals surface area contributed by atoms with Gasteiger partial charge in [-0.1, -0.05) is 121 Å². The first-order chi connectivity index (χ1) is 18.7. The lowest BCUT2D eigenvalue weighted by molar-refractivity contribution is 0.592. The van der Waals surface area contributed by atoms with Crippen molar-refractivity contribution in [2.75, 3.05) is 0 Å². The van der Waals surface area contributed by atoms with Gasteiger partial charge < -0.3 is 4.57 Å². The van der Waals surface area contributed by atoms with Crippen LogP contribution in [0, 0.1) is 0 Å². The lowest BCUT2D eigenvalue weighted by Crippen LogP contribution is -2.25. The second-order valence-electron chi connectivity index (χ2n) is 9.38. The number of aromatic nitrogens is 2. The molecule has 7 rings (SSSR count). The number of fused-ring (bicyclic) bond motifs is 5. The summed E-state index contributed by atoms with van der Waals surface area (Å²) in [5.41, 5.74) is 3.44. The van der Waals surface area contributed by atoms with Gasteiger partial charge in [0.15, 0.2) is 7.14 Å². The Morgan fingerprint density at radius 3 is 1.89 bits per heavy atom. The molecule has 0 aliphatic carbocycles. The topological polar surface area (TPSA) is 42.9 Å². The predicted molar refractivity (Wildman–Crippen MR) is 159 cm³/mol. The highest BCUT2D eigenvalue weighted by Gasteiger charge is 2.30. The molecule has 0 aliphatic rings. The maximum absolute atomic E-state index is 15.0. The summed E-state index contributed by atoms with van der Waals surface area (Å²) in [6.07, 6.45) is 1.92. The van der Waals surface area contributed by atoms with E-state index in [2.05, 4.69) is 24.3 Å². The van der Waals surface area contributed by atoms with Gasteiger partial charge in [-0.3, -0.25) is 4.98 Å². The Morgan fingerprint density at radius 2 is 1.16 bits per heavy atom. The van der Waals surface area contributed by atoms with Crippen molar-refractivity contribution in [3.63, 3.8) is 0 Å². The van der Waals surface area contributed by atoms with Gasteiger partial charge in [0.25, 0.3) is 0 Å². The van der Waals surface area contributed by atoms with Crippen LogP contribution in [0.3, 0.4) is 0 Å². The van der Waals surface area contributed by atoms with Gasteiger partial charge in [-0.2, -0.15) is 0 Å². The quantitative estimate of drug-likeness (QED) is 0.187. The fraction of sp³-hybridized carbons (Fsp3) is 0. The summed E-state index contributed by atoms with van der Waals surface area (Å²) in [5.74, 6) is 0. The zero-order valence-corrected chi connectivity index (χ0v) is 21.4. The number of rotatable bonds is 4. The van der Waals surface area contributed by atoms with Crippen LogP contribution in [0.5, 0.6) is 0 Å². The lowest BCUT2D eigenvalue weighted by atomic mass is 9.99. The van der Waals surface area contributed by atoms with Crippen molar-refractivity contribution in [1.29, 1.82) is 0 Å². The molecule has 0 bridgehead atoms. The first-order valence-electron chi connectivity index (χ1n) is 12.6. The summed E-state index contributed by atoms with van der Waals surface area (Å²) in [6, 6.07) is 44.1. The Hall–Kier alpha value is -4.59. The van der Waals surface area contributed by atoms with Crippen molar-refractivity contribution in [2.24, 2.45) is 0 Å². The third kappa shape index (κ3) is 3.55. The van der Waals surface area contributed by atoms with E-state index >= 15 is 4.57 Å². The molecule has 0 amide bonds. The Morgan fingerprint density at radius 1 is 0.553 bits per heavy atom. The molecule has 3 nitrogen and oxygen atoms in total. The molecule has 0 spiro atoms. The molecule has 180 valence electrons. The maximum atomic E-state index is 15.0. The van der Waals surface area contributed by atoms with E-state index < -0.39 is 7.14 Å². The number of pyridine rings is 2. The predicted octanol–water partition coefficient (Wildman–Crippen LogP) is 7.24. The second kappa shape index (κ2) is 9.06. The van der Waals surface area contributed by atoms with Crippen molar-refractivity contribution in [1.82, 2.24) is 9.97 Å². The van der Waals surface area contributed by atoms with Crippen LogP contribution < -0.4 is 15.9 Å². The van der Waals surface area contributed by atoms with E-state index in [4.69, 9.17) is 9.97 Å². The van der Waals surface area contributed by atoms with Gasteiger partial charge in [0.2, 0.25) is 0 Å². The Balaban J connectivity index is 1.53. The number of para-hydroxylation sites is 1. The maximum Gasteiger partial charge on any atom is 0.171 e. The van der Waals surface area contributed by atoms with E-state index in [1.54, 1.807) is 0 Å². The van der Waals surface area contributed by atoms with Gasteiger partial charge in [-0.15, -0.1) is 0 Å². The van der Waals surface area contributed by atoms with Crippen LogP contribution in [-0.4, -0.2) is 9.97 Å². The van der Waals surface area contributed by atoms with Crippen molar-refractivity contribution in [3.8, 4) is 11.3 Å². The van der Waals surface area contributed by atoms with Gasteiger partial charge in [0.05, 0.1) is 16.7 Å². The third-order valence-corrected chi connectivity index (χ3v) is 10.2. The Labute approximate surface area is 220 Å². The fourth-order valence-electron chi connectivity index (χ4n) is 5.34. The highest BCUT2D eigenvalue weighted by molar-refractivity contribution is 7.85. The lowest BCUT2D eigenvalue weighted by Gasteiger charge is -2.21. The number of nitrogens with zero attached hydrogens (tertiary/aromatic N) is 2. The second-order valence-corrected chi connectivity index (χ2v) is 12.1. The summed E-state index contributed by atoms with van der Waals surface area (Å²) in [6.45, 7) is 0. The van der Waals surface area contributed by atoms with Crippen LogP contribution >= 0.6 is 7.14 Å². The zero-order valence-electron chi connectivity index (χ0n) is 20.5. The summed E-state index contributed by atoms with van der Waals surface area (Å²) in [7, 11) is -3.12. The van der Waals surface area contributed by atoms with Gasteiger partial charge in [-0.05, 0) is 17.5 Å². The highest BCUT2D eigenvalue weighted by atomic mass is 31.2. The van der Waals surface area contributed by atoms with Crippen LogP contribution in [0.1, 0.15) is 0 Å². The minimum atomic E-state index is -3.12. The van der Waals surface area contributed by atoms with Crippen molar-refractivity contribution >= 4 is 55.6 Å². The first-order valence-corrected chi connectivity index (χ1v) is 14.3. The molecule has 2 heterocycles. The summed E-state index contributed by atoms with van der Waals surface area (Å²) in [4.78, 5) is 10.0. The smallest absolute Gasteiger partial charge is 0.171 e. The molecule has 0 saturated carbocycles. The Kier molecular flexibility index (Phi) is 5.39. The normalized spacial score (nSPS) is 11.8. The molecule has 0 atom stereocenters. The van der Waals surface area contributed by atoms with Crippen molar-refractivity contribution in [3.05, 3.63) is 140 Å². The first kappa shape index (κ1) is 22.6. The summed E-state index contributed by atoms with van der Waals surface area (Å²) < 4.78 is 15.0. The van der Waals surface area contributed by atoms with E-state index in [0.29, 0.717) is 0 Å². The largest absolute Gasteiger partial charge is 0.309 e. The molecule has 4 heteroatoms. The molecule has 0 aliphatic heterocycles. The number of benzene rings is 5. The average Bonchev–Trinajstić information content (AvgIpc) is 3.01. The van der Waals surface area contributed by atoms with E-state index in [-0.39, 0.29) is 0 Å². The third-order valence-electron chi connectivity index (χ3n) is 7.15. The SMILES string of the molecule is O=P(c1ccccc1)(c1ccccc1)c1cccc(-c2nc3ccccc3c3c2ncc2ccccc23)c1. The van der Waals surface area contributed by atoms with Gasteiger partial charge in [0, 0.05) is 43.8 Å². The minimum Gasteiger partial charge on any atom is -0.309 e. The number of hydrogen-bond acceptors (Lipinski definition) is 3. The highest BCUT2D eigenvalue weighted by Crippen LogP contribution is 2.43. The monoisotopic (exact) mass is 506 g/mol. The zero-order chi connectivity index (χ0) is 25.5. The molecule has 0 unspecified atom stereocenters. The number of hydrogen-bond donors (Lipinski definition) is 0. The molecule has 7 aromatic rings. The van der Waals surface area contributed by atoms with E-state index in [9.17, 15) is 0 Å². The molecule has 0 fully saturated rings. The molecule has 0 saturated heterocycles. The van der Waals surface area contributed by atoms with E-state index in [1.807, 2.05) is 115 Å². The molecular weight excluding hydrogens is 483 g/mol. The summed E-state index contributed by atoms with van der Waals surface area (Å²) in [5, 5.41) is 6.79. The van der Waals surface area contributed by atoms with Crippen molar-refractivity contribution in [2.45, 2.75) is 0 Å². The molecule has 38 heavy (non-hydrogen) atoms. The van der Waals surface area contributed by atoms with Gasteiger partial charge in [-0.25, -0.2) is 4.98 Å². The molecule has 0 radical (unpaired) electrons. The van der Waals surface area contributed by atoms with Crippen LogP contribution in [0.2, 0.25) is 0 Å². The van der Waals surface area contributed by atoms with Gasteiger partial charge >= 0.3 is 0 Å². The van der Waals surface area contributed by atoms with Gasteiger partial charge in [0.1, 0.15) is 0 Å². The van der Waals surface area contributed by atoms with E-state index in [0.717, 1.165) is 59.7 Å². The average molecular weight is 507 g/mol. The standard InChI is InChI=1S/C34H23N2OP/c37-38(26-14-3-1-4-15-26,27-16-5-2-6-17-27)28-18-11-13-24(22-28)33-34-32(30-20-9-10-21-31(30)36-33)29-19-8-7-12-25(29)23-35-34/h1-23H. The molecule has 5 aromatic carbocycles. The van der Waals surface area contributed by atoms with Crippen LogP contribution in [0.25, 0.3) is 43.8 Å². The van der Waals surface area contributed by atoms with Crippen LogP contribution in [-0.2, 0) is 4.57 Å². The molecule has 2 aromatic heterocycles. The molecular formula is C34H23N2OP. The summed E-state index contributed by atoms with van der Waals surface area (Å²) >= 11 is 0. The minimum absolute atomic E-state index is 0.774. The van der Waals surface area contributed by atoms with Crippen LogP contribution in [0.4, 0.5) is 0 Å². The Bertz CT molecular complexity index is 1940. The van der Waals surface area contributed by atoms with Crippen molar-refractivity contribution < 1.29 is 4.57 Å². The van der Waals surface area contributed by atoms with E-state index in [1.165, 1.54) is 0 Å². The van der Waals surface area contributed by atoms with Crippen LogP contribution in [0.15, 0.2) is 140 Å². The fourth-order valence-corrected chi connectivity index (χ4v) is 8.04. The molecule has 0 N–H and O–H groups in total.